The second-order valence-electron chi connectivity index (χ2n) is 4.46. The Morgan fingerprint density at radius 2 is 1.90 bits per heavy atom. The molecule has 1 heterocycles. The molecule has 2 rings (SSSR count). The van der Waals surface area contributed by atoms with Gasteiger partial charge in [0.15, 0.2) is 0 Å². The fourth-order valence-corrected chi connectivity index (χ4v) is 3.67. The first-order chi connectivity index (χ1) is 9.95. The summed E-state index contributed by atoms with van der Waals surface area (Å²) in [6, 6.07) is 9.76. The molecule has 0 aliphatic rings. The Labute approximate surface area is 129 Å². The Morgan fingerprint density at radius 1 is 1.19 bits per heavy atom. The molecule has 2 aromatic rings. The van der Waals surface area contributed by atoms with Gasteiger partial charge in [-0.1, -0.05) is 29.8 Å². The van der Waals surface area contributed by atoms with Crippen molar-refractivity contribution >= 4 is 27.4 Å². The number of pyridine rings is 1. The molecule has 0 saturated heterocycles. The molecule has 1 aromatic carbocycles. The van der Waals surface area contributed by atoms with Crippen molar-refractivity contribution in [3.8, 4) is 0 Å². The third-order valence-electron chi connectivity index (χ3n) is 3.00. The number of hydrogen-bond acceptors (Lipinski definition) is 4. The SMILES string of the molecule is CNc1ncccc1S(=O)(=O)NC(C)c1ccccc1Cl. The molecule has 0 saturated carbocycles. The first-order valence-corrected chi connectivity index (χ1v) is 8.21. The second-order valence-corrected chi connectivity index (χ2v) is 6.55. The lowest BCUT2D eigenvalue weighted by atomic mass is 10.1. The summed E-state index contributed by atoms with van der Waals surface area (Å²) in [7, 11) is -2.08. The highest BCUT2D eigenvalue weighted by Crippen LogP contribution is 2.25. The van der Waals surface area contributed by atoms with Crippen LogP contribution in [-0.2, 0) is 10.0 Å². The van der Waals surface area contributed by atoms with E-state index < -0.39 is 16.1 Å². The van der Waals surface area contributed by atoms with Crippen molar-refractivity contribution in [2.45, 2.75) is 17.9 Å². The molecule has 0 radical (unpaired) electrons. The van der Waals surface area contributed by atoms with Gasteiger partial charge in [0.1, 0.15) is 10.7 Å². The molecule has 112 valence electrons. The summed E-state index contributed by atoms with van der Waals surface area (Å²) in [6.07, 6.45) is 1.53. The number of halogens is 1. The number of sulfonamides is 1. The number of hydrogen-bond donors (Lipinski definition) is 2. The van der Waals surface area contributed by atoms with Crippen molar-refractivity contribution in [1.29, 1.82) is 0 Å². The third-order valence-corrected chi connectivity index (χ3v) is 4.92. The van der Waals surface area contributed by atoms with Crippen molar-refractivity contribution in [2.24, 2.45) is 0 Å². The van der Waals surface area contributed by atoms with Crippen LogP contribution in [0.4, 0.5) is 5.82 Å². The zero-order valence-corrected chi connectivity index (χ0v) is 13.2. The quantitative estimate of drug-likeness (QED) is 0.886. The minimum Gasteiger partial charge on any atom is -0.372 e. The van der Waals surface area contributed by atoms with Gasteiger partial charge in [-0.3, -0.25) is 0 Å². The van der Waals surface area contributed by atoms with Gasteiger partial charge in [0, 0.05) is 24.3 Å². The monoisotopic (exact) mass is 325 g/mol. The van der Waals surface area contributed by atoms with Crippen molar-refractivity contribution in [2.75, 3.05) is 12.4 Å². The number of nitrogens with zero attached hydrogens (tertiary/aromatic N) is 1. The van der Waals surface area contributed by atoms with E-state index in [-0.39, 0.29) is 4.90 Å². The average molecular weight is 326 g/mol. The molecule has 1 atom stereocenters. The predicted molar refractivity (Wildman–Crippen MR) is 84.0 cm³/mol. The average Bonchev–Trinajstić information content (AvgIpc) is 2.47. The van der Waals surface area contributed by atoms with Crippen LogP contribution < -0.4 is 10.0 Å². The molecule has 7 heteroatoms. The zero-order chi connectivity index (χ0) is 15.5. The normalized spacial score (nSPS) is 12.9. The summed E-state index contributed by atoms with van der Waals surface area (Å²) in [5.41, 5.74) is 0.720. The minimum atomic E-state index is -3.70. The van der Waals surface area contributed by atoms with Gasteiger partial charge >= 0.3 is 0 Å². The van der Waals surface area contributed by atoms with E-state index in [1.165, 1.54) is 12.3 Å². The molecule has 5 nitrogen and oxygen atoms in total. The minimum absolute atomic E-state index is 0.103. The van der Waals surface area contributed by atoms with Crippen LogP contribution in [0, 0.1) is 0 Å². The van der Waals surface area contributed by atoms with Crippen LogP contribution >= 0.6 is 11.6 Å². The topological polar surface area (TPSA) is 71.1 Å². The maximum Gasteiger partial charge on any atom is 0.244 e. The Kier molecular flexibility index (Phi) is 4.82. The first kappa shape index (κ1) is 15.8. The zero-order valence-electron chi connectivity index (χ0n) is 11.7. The lowest BCUT2D eigenvalue weighted by Crippen LogP contribution is -2.27. The molecular formula is C14H16ClN3O2S. The van der Waals surface area contributed by atoms with E-state index >= 15 is 0 Å². The molecule has 2 N–H and O–H groups in total. The van der Waals surface area contributed by atoms with Gasteiger partial charge in [0.25, 0.3) is 0 Å². The maximum atomic E-state index is 12.5. The lowest BCUT2D eigenvalue weighted by molar-refractivity contribution is 0.567. The van der Waals surface area contributed by atoms with Crippen molar-refractivity contribution in [1.82, 2.24) is 9.71 Å². The number of nitrogens with one attached hydrogen (secondary N) is 2. The van der Waals surface area contributed by atoms with Gasteiger partial charge < -0.3 is 5.32 Å². The molecule has 0 aliphatic carbocycles. The van der Waals surface area contributed by atoms with Crippen LogP contribution in [0.1, 0.15) is 18.5 Å². The van der Waals surface area contributed by atoms with Gasteiger partial charge in [-0.05, 0) is 30.7 Å². The molecular weight excluding hydrogens is 310 g/mol. The van der Waals surface area contributed by atoms with E-state index in [0.717, 1.165) is 5.56 Å². The fraction of sp³-hybridized carbons (Fsp3) is 0.214. The summed E-state index contributed by atoms with van der Waals surface area (Å²) in [5.74, 6) is 0.302. The summed E-state index contributed by atoms with van der Waals surface area (Å²) < 4.78 is 27.6. The number of anilines is 1. The predicted octanol–water partition coefficient (Wildman–Crippen LogP) is 2.82. The van der Waals surface area contributed by atoms with Crippen LogP contribution in [0.5, 0.6) is 0 Å². The highest BCUT2D eigenvalue weighted by Gasteiger charge is 2.22. The van der Waals surface area contributed by atoms with Gasteiger partial charge in [-0.2, -0.15) is 0 Å². The lowest BCUT2D eigenvalue weighted by Gasteiger charge is -2.17. The summed E-state index contributed by atoms with van der Waals surface area (Å²) in [6.45, 7) is 1.74. The van der Waals surface area contributed by atoms with E-state index in [1.807, 2.05) is 6.07 Å². The molecule has 0 bridgehead atoms. The van der Waals surface area contributed by atoms with E-state index in [1.54, 1.807) is 38.2 Å². The summed E-state index contributed by atoms with van der Waals surface area (Å²) in [4.78, 5) is 4.11. The first-order valence-electron chi connectivity index (χ1n) is 6.35. The largest absolute Gasteiger partial charge is 0.372 e. The molecule has 0 amide bonds. The van der Waals surface area contributed by atoms with E-state index in [9.17, 15) is 8.42 Å². The molecule has 0 fully saturated rings. The maximum absolute atomic E-state index is 12.5. The summed E-state index contributed by atoms with van der Waals surface area (Å²) >= 11 is 6.09. The van der Waals surface area contributed by atoms with Gasteiger partial charge in [-0.25, -0.2) is 18.1 Å². The van der Waals surface area contributed by atoms with Gasteiger partial charge in [-0.15, -0.1) is 0 Å². The molecule has 1 aromatic heterocycles. The Balaban J connectivity index is 2.32. The fourth-order valence-electron chi connectivity index (χ4n) is 1.98. The van der Waals surface area contributed by atoms with E-state index in [2.05, 4.69) is 15.0 Å². The standard InChI is InChI=1S/C14H16ClN3O2S/c1-10(11-6-3-4-7-12(11)15)18-21(19,20)13-8-5-9-17-14(13)16-2/h3-10,18H,1-2H3,(H,16,17). The number of benzene rings is 1. The molecule has 0 aliphatic heterocycles. The Hall–Kier alpha value is -1.63. The van der Waals surface area contributed by atoms with Crippen molar-refractivity contribution in [3.05, 3.63) is 53.2 Å². The second kappa shape index (κ2) is 6.43. The van der Waals surface area contributed by atoms with Gasteiger partial charge in [0.2, 0.25) is 10.0 Å². The third kappa shape index (κ3) is 3.53. The highest BCUT2D eigenvalue weighted by atomic mass is 35.5. The Morgan fingerprint density at radius 3 is 2.57 bits per heavy atom. The molecule has 0 spiro atoms. The molecule has 21 heavy (non-hydrogen) atoms. The smallest absolute Gasteiger partial charge is 0.244 e. The highest BCUT2D eigenvalue weighted by molar-refractivity contribution is 7.89. The number of aromatic nitrogens is 1. The van der Waals surface area contributed by atoms with Crippen molar-refractivity contribution in [3.63, 3.8) is 0 Å². The van der Waals surface area contributed by atoms with Crippen LogP contribution in [-0.4, -0.2) is 20.4 Å². The summed E-state index contributed by atoms with van der Waals surface area (Å²) in [5, 5.41) is 3.29. The number of rotatable bonds is 5. The molecule has 1 unspecified atom stereocenters. The van der Waals surface area contributed by atoms with Crippen LogP contribution in [0.3, 0.4) is 0 Å². The van der Waals surface area contributed by atoms with Crippen LogP contribution in [0.15, 0.2) is 47.5 Å². The van der Waals surface area contributed by atoms with Crippen LogP contribution in [0.25, 0.3) is 0 Å². The van der Waals surface area contributed by atoms with Gasteiger partial charge in [0.05, 0.1) is 0 Å². The van der Waals surface area contributed by atoms with E-state index in [0.29, 0.717) is 10.8 Å². The van der Waals surface area contributed by atoms with E-state index in [4.69, 9.17) is 11.6 Å². The van der Waals surface area contributed by atoms with Crippen LogP contribution in [0.2, 0.25) is 5.02 Å². The Bertz CT molecular complexity index is 735. The van der Waals surface area contributed by atoms with Crippen molar-refractivity contribution < 1.29 is 8.42 Å².